The van der Waals surface area contributed by atoms with Crippen LogP contribution in [0.4, 0.5) is 0 Å². The monoisotopic (exact) mass is 260 g/mol. The second kappa shape index (κ2) is 5.45. The van der Waals surface area contributed by atoms with E-state index in [4.69, 9.17) is 0 Å². The van der Waals surface area contributed by atoms with Gasteiger partial charge in [0.15, 0.2) is 0 Å². The van der Waals surface area contributed by atoms with Gasteiger partial charge in [-0.25, -0.2) is 0 Å². The SMILES string of the molecule is O=Cc1ccc(-c2ccncc2)c(-c2ccncc2)c1. The molecule has 96 valence electrons. The summed E-state index contributed by atoms with van der Waals surface area (Å²) in [6, 6.07) is 13.5. The van der Waals surface area contributed by atoms with E-state index in [0.717, 1.165) is 28.5 Å². The first kappa shape index (κ1) is 12.2. The quantitative estimate of drug-likeness (QED) is 0.675. The summed E-state index contributed by atoms with van der Waals surface area (Å²) in [5, 5.41) is 0. The molecule has 3 rings (SSSR count). The summed E-state index contributed by atoms with van der Waals surface area (Å²) in [5.41, 5.74) is 4.86. The summed E-state index contributed by atoms with van der Waals surface area (Å²) in [4.78, 5) is 19.1. The highest BCUT2D eigenvalue weighted by atomic mass is 16.1. The Balaban J connectivity index is 2.23. The summed E-state index contributed by atoms with van der Waals surface area (Å²) >= 11 is 0. The molecule has 0 amide bonds. The third-order valence-corrected chi connectivity index (χ3v) is 3.16. The standard InChI is InChI=1S/C17H12N2O/c20-12-13-1-2-16(14-3-7-18-8-4-14)17(11-13)15-5-9-19-10-6-15/h1-12H. The lowest BCUT2D eigenvalue weighted by molar-refractivity contribution is 0.112. The van der Waals surface area contributed by atoms with Crippen LogP contribution in [0.15, 0.2) is 67.3 Å². The average molecular weight is 260 g/mol. The van der Waals surface area contributed by atoms with Crippen LogP contribution in [-0.4, -0.2) is 16.3 Å². The fourth-order valence-corrected chi connectivity index (χ4v) is 2.19. The summed E-state index contributed by atoms with van der Waals surface area (Å²) in [6.45, 7) is 0. The van der Waals surface area contributed by atoms with E-state index in [1.54, 1.807) is 24.8 Å². The van der Waals surface area contributed by atoms with Gasteiger partial charge < -0.3 is 0 Å². The molecule has 0 aliphatic heterocycles. The van der Waals surface area contributed by atoms with Crippen molar-refractivity contribution >= 4 is 6.29 Å². The van der Waals surface area contributed by atoms with Crippen LogP contribution in [0.3, 0.4) is 0 Å². The van der Waals surface area contributed by atoms with Gasteiger partial charge in [0.05, 0.1) is 0 Å². The largest absolute Gasteiger partial charge is 0.298 e. The summed E-state index contributed by atoms with van der Waals surface area (Å²) in [5.74, 6) is 0. The Labute approximate surface area is 117 Å². The molecule has 0 aliphatic carbocycles. The fraction of sp³-hybridized carbons (Fsp3) is 0. The number of hydrogen-bond donors (Lipinski definition) is 0. The van der Waals surface area contributed by atoms with Crippen molar-refractivity contribution in [2.45, 2.75) is 0 Å². The first-order valence-electron chi connectivity index (χ1n) is 6.28. The van der Waals surface area contributed by atoms with Gasteiger partial charge in [0.25, 0.3) is 0 Å². The van der Waals surface area contributed by atoms with E-state index in [0.29, 0.717) is 5.56 Å². The third-order valence-electron chi connectivity index (χ3n) is 3.16. The third kappa shape index (κ3) is 2.34. The predicted octanol–water partition coefficient (Wildman–Crippen LogP) is 3.62. The first-order chi connectivity index (χ1) is 9.88. The van der Waals surface area contributed by atoms with Crippen LogP contribution >= 0.6 is 0 Å². The maximum atomic E-state index is 11.0. The summed E-state index contributed by atoms with van der Waals surface area (Å²) in [7, 11) is 0. The highest BCUT2D eigenvalue weighted by Gasteiger charge is 2.08. The van der Waals surface area contributed by atoms with Crippen molar-refractivity contribution in [1.82, 2.24) is 9.97 Å². The van der Waals surface area contributed by atoms with Crippen molar-refractivity contribution in [1.29, 1.82) is 0 Å². The molecule has 0 atom stereocenters. The molecule has 0 radical (unpaired) electrons. The molecule has 2 aromatic heterocycles. The molecule has 1 aromatic carbocycles. The van der Waals surface area contributed by atoms with Crippen LogP contribution in [0.1, 0.15) is 10.4 Å². The Morgan fingerprint density at radius 2 is 1.25 bits per heavy atom. The van der Waals surface area contributed by atoms with E-state index in [1.165, 1.54) is 0 Å². The predicted molar refractivity (Wildman–Crippen MR) is 78.3 cm³/mol. The molecule has 0 spiro atoms. The highest BCUT2D eigenvalue weighted by Crippen LogP contribution is 2.32. The van der Waals surface area contributed by atoms with Gasteiger partial charge in [0.2, 0.25) is 0 Å². The Kier molecular flexibility index (Phi) is 3.33. The molecule has 0 aliphatic rings. The molecule has 3 nitrogen and oxygen atoms in total. The molecule has 0 fully saturated rings. The number of aromatic nitrogens is 2. The van der Waals surface area contributed by atoms with Gasteiger partial charge in [-0.05, 0) is 52.6 Å². The summed E-state index contributed by atoms with van der Waals surface area (Å²) < 4.78 is 0. The Bertz CT molecular complexity index is 724. The first-order valence-corrected chi connectivity index (χ1v) is 6.28. The number of benzene rings is 1. The molecule has 0 saturated carbocycles. The van der Waals surface area contributed by atoms with Crippen molar-refractivity contribution in [3.8, 4) is 22.3 Å². The van der Waals surface area contributed by atoms with Gasteiger partial charge >= 0.3 is 0 Å². The van der Waals surface area contributed by atoms with Crippen LogP contribution in [0, 0.1) is 0 Å². The fourth-order valence-electron chi connectivity index (χ4n) is 2.19. The molecule has 3 aromatic rings. The van der Waals surface area contributed by atoms with E-state index in [1.807, 2.05) is 42.5 Å². The lowest BCUT2D eigenvalue weighted by Crippen LogP contribution is -1.89. The van der Waals surface area contributed by atoms with Gasteiger partial charge in [0, 0.05) is 30.4 Å². The second-order valence-corrected chi connectivity index (χ2v) is 4.39. The zero-order chi connectivity index (χ0) is 13.8. The topological polar surface area (TPSA) is 42.9 Å². The number of aldehydes is 1. The number of nitrogens with zero attached hydrogens (tertiary/aromatic N) is 2. The van der Waals surface area contributed by atoms with Crippen molar-refractivity contribution < 1.29 is 4.79 Å². The molecular formula is C17H12N2O. The molecule has 2 heterocycles. The molecule has 0 saturated heterocycles. The average Bonchev–Trinajstić information content (AvgIpc) is 2.56. The van der Waals surface area contributed by atoms with Crippen molar-refractivity contribution in [2.75, 3.05) is 0 Å². The zero-order valence-electron chi connectivity index (χ0n) is 10.7. The van der Waals surface area contributed by atoms with Gasteiger partial charge in [-0.1, -0.05) is 12.1 Å². The highest BCUT2D eigenvalue weighted by molar-refractivity contribution is 5.88. The van der Waals surface area contributed by atoms with Crippen LogP contribution in [0.5, 0.6) is 0 Å². The lowest BCUT2D eigenvalue weighted by atomic mass is 9.94. The minimum Gasteiger partial charge on any atom is -0.298 e. The van der Waals surface area contributed by atoms with Crippen LogP contribution in [-0.2, 0) is 0 Å². The molecular weight excluding hydrogens is 248 g/mol. The van der Waals surface area contributed by atoms with E-state index < -0.39 is 0 Å². The molecule has 0 bridgehead atoms. The number of hydrogen-bond acceptors (Lipinski definition) is 3. The van der Waals surface area contributed by atoms with Crippen LogP contribution < -0.4 is 0 Å². The minimum absolute atomic E-state index is 0.662. The summed E-state index contributed by atoms with van der Waals surface area (Å²) in [6.07, 6.45) is 7.89. The normalized spacial score (nSPS) is 10.2. The molecule has 0 unspecified atom stereocenters. The Hall–Kier alpha value is -2.81. The molecule has 3 heteroatoms. The second-order valence-electron chi connectivity index (χ2n) is 4.39. The smallest absolute Gasteiger partial charge is 0.150 e. The number of carbonyl (C=O) groups excluding carboxylic acids is 1. The van der Waals surface area contributed by atoms with Crippen LogP contribution in [0.25, 0.3) is 22.3 Å². The van der Waals surface area contributed by atoms with Gasteiger partial charge in [-0.2, -0.15) is 0 Å². The lowest BCUT2D eigenvalue weighted by Gasteiger charge is -2.10. The van der Waals surface area contributed by atoms with Crippen molar-refractivity contribution in [3.63, 3.8) is 0 Å². The van der Waals surface area contributed by atoms with Crippen LogP contribution in [0.2, 0.25) is 0 Å². The maximum Gasteiger partial charge on any atom is 0.150 e. The number of rotatable bonds is 3. The molecule has 20 heavy (non-hydrogen) atoms. The van der Waals surface area contributed by atoms with Gasteiger partial charge in [0.1, 0.15) is 6.29 Å². The Morgan fingerprint density at radius 3 is 1.80 bits per heavy atom. The van der Waals surface area contributed by atoms with E-state index in [-0.39, 0.29) is 0 Å². The van der Waals surface area contributed by atoms with E-state index in [9.17, 15) is 4.79 Å². The Morgan fingerprint density at radius 1 is 0.700 bits per heavy atom. The van der Waals surface area contributed by atoms with Crippen molar-refractivity contribution in [3.05, 3.63) is 72.8 Å². The van der Waals surface area contributed by atoms with Gasteiger partial charge in [-0.15, -0.1) is 0 Å². The molecule has 0 N–H and O–H groups in total. The maximum absolute atomic E-state index is 11.0. The van der Waals surface area contributed by atoms with Gasteiger partial charge in [-0.3, -0.25) is 14.8 Å². The zero-order valence-corrected chi connectivity index (χ0v) is 10.7. The number of pyridine rings is 2. The van der Waals surface area contributed by atoms with E-state index >= 15 is 0 Å². The number of carbonyl (C=O) groups is 1. The minimum atomic E-state index is 0.662. The van der Waals surface area contributed by atoms with E-state index in [2.05, 4.69) is 9.97 Å². The van der Waals surface area contributed by atoms with Crippen molar-refractivity contribution in [2.24, 2.45) is 0 Å².